The summed E-state index contributed by atoms with van der Waals surface area (Å²) in [5.41, 5.74) is 0. The first-order valence-electron chi connectivity index (χ1n) is 3.33. The summed E-state index contributed by atoms with van der Waals surface area (Å²) < 4.78 is 129. The van der Waals surface area contributed by atoms with Crippen LogP contribution in [0.2, 0.25) is 0 Å². The number of alkyl halides is 9. The van der Waals surface area contributed by atoms with Gasteiger partial charge in [-0.2, -0.15) is 48.3 Å². The van der Waals surface area contributed by atoms with E-state index in [1.807, 2.05) is 0 Å². The van der Waals surface area contributed by atoms with E-state index in [4.69, 9.17) is 0 Å². The van der Waals surface area contributed by atoms with Gasteiger partial charge >= 0.3 is 23.9 Å². The topological polar surface area (TPSA) is 0 Å². The van der Waals surface area contributed by atoms with Crippen LogP contribution in [0.15, 0.2) is 6.08 Å². The second-order valence-corrected chi connectivity index (χ2v) is 2.61. The Morgan fingerprint density at radius 1 is 0.647 bits per heavy atom. The van der Waals surface area contributed by atoms with Crippen molar-refractivity contribution in [2.45, 2.75) is 23.9 Å². The van der Waals surface area contributed by atoms with Gasteiger partial charge in [-0.1, -0.05) is 0 Å². The second-order valence-electron chi connectivity index (χ2n) is 2.61. The lowest BCUT2D eigenvalue weighted by atomic mass is 10.0. The third-order valence-electron chi connectivity index (χ3n) is 1.40. The highest BCUT2D eigenvalue weighted by Gasteiger charge is 2.81. The molecule has 0 saturated carbocycles. The van der Waals surface area contributed by atoms with E-state index in [2.05, 4.69) is 0 Å². The van der Waals surface area contributed by atoms with Crippen LogP contribution in [0.3, 0.4) is 0 Å². The quantitative estimate of drug-likeness (QED) is 0.685. The Morgan fingerprint density at radius 3 is 1.24 bits per heavy atom. The molecule has 0 unspecified atom stereocenters. The first-order valence-corrected chi connectivity index (χ1v) is 3.33. The Kier molecular flexibility index (Phi) is 3.77. The highest BCUT2D eigenvalue weighted by Crippen LogP contribution is 2.53. The summed E-state index contributed by atoms with van der Waals surface area (Å²) in [7, 11) is 0. The van der Waals surface area contributed by atoms with E-state index >= 15 is 0 Å². The Morgan fingerprint density at radius 2 is 1.00 bits per heavy atom. The minimum Gasteiger partial charge on any atom is -0.194 e. The minimum absolute atomic E-state index is 0.742. The summed E-state index contributed by atoms with van der Waals surface area (Å²) in [5, 5.41) is 0. The molecule has 0 bridgehead atoms. The first kappa shape index (κ1) is 16.0. The van der Waals surface area contributed by atoms with E-state index in [0.29, 0.717) is 0 Å². The largest absolute Gasteiger partial charge is 0.460 e. The third kappa shape index (κ3) is 2.63. The third-order valence-corrected chi connectivity index (χ3v) is 1.40. The van der Waals surface area contributed by atoms with Crippen molar-refractivity contribution in [3.05, 3.63) is 12.2 Å². The summed E-state index contributed by atoms with van der Waals surface area (Å²) in [4.78, 5) is 0. The molecule has 0 N–H and O–H groups in total. The molecule has 0 aliphatic carbocycles. The van der Waals surface area contributed by atoms with Gasteiger partial charge in [-0.3, -0.25) is 0 Å². The predicted molar refractivity (Wildman–Crippen MR) is 29.9 cm³/mol. The molecule has 17 heavy (non-hydrogen) atoms. The van der Waals surface area contributed by atoms with E-state index in [1.54, 1.807) is 0 Å². The average Bonchev–Trinajstić information content (AvgIpc) is 1.98. The van der Waals surface area contributed by atoms with Crippen LogP contribution in [0.25, 0.3) is 0 Å². The molecule has 0 amide bonds. The fourth-order valence-corrected chi connectivity index (χ4v) is 0.572. The molecule has 0 heterocycles. The normalized spacial score (nSPS) is 14.8. The molecule has 0 spiro atoms. The molecule has 0 aromatic heterocycles. The van der Waals surface area contributed by atoms with Crippen LogP contribution in [0.5, 0.6) is 0 Å². The molecule has 0 rings (SSSR count). The zero-order chi connectivity index (χ0) is 14.3. The van der Waals surface area contributed by atoms with Gasteiger partial charge < -0.3 is 0 Å². The molecule has 0 atom stereocenters. The van der Waals surface area contributed by atoms with Crippen LogP contribution in [0.1, 0.15) is 0 Å². The maximum Gasteiger partial charge on any atom is 0.460 e. The molecule has 101 valence electrons. The molecule has 1 radical (unpaired) electrons. The molecule has 0 nitrogen and oxygen atoms in total. The lowest BCUT2D eigenvalue weighted by Gasteiger charge is -2.31. The molecular weight excluding hydrogens is 281 g/mol. The van der Waals surface area contributed by atoms with E-state index in [-0.39, 0.29) is 0 Å². The van der Waals surface area contributed by atoms with E-state index in [1.165, 1.54) is 0 Å². The van der Waals surface area contributed by atoms with Crippen molar-refractivity contribution in [2.75, 3.05) is 0 Å². The van der Waals surface area contributed by atoms with E-state index in [9.17, 15) is 48.3 Å². The van der Waals surface area contributed by atoms with Crippen molar-refractivity contribution in [1.82, 2.24) is 0 Å². The van der Waals surface area contributed by atoms with Gasteiger partial charge in [0, 0.05) is 0 Å². The number of halogens is 11. The number of hydrogen-bond acceptors (Lipinski definition) is 0. The Balaban J connectivity index is 5.64. The fourth-order valence-electron chi connectivity index (χ4n) is 0.572. The van der Waals surface area contributed by atoms with Crippen LogP contribution in [-0.2, 0) is 0 Å². The van der Waals surface area contributed by atoms with Crippen LogP contribution in [0.4, 0.5) is 48.3 Å². The van der Waals surface area contributed by atoms with Gasteiger partial charge in [0.25, 0.3) is 6.08 Å². The average molecular weight is 281 g/mol. The van der Waals surface area contributed by atoms with Gasteiger partial charge in [-0.25, -0.2) is 0 Å². The highest BCUT2D eigenvalue weighted by atomic mass is 19.4. The van der Waals surface area contributed by atoms with E-state index in [0.717, 1.165) is 0 Å². The van der Waals surface area contributed by atoms with Crippen molar-refractivity contribution in [3.63, 3.8) is 0 Å². The summed E-state index contributed by atoms with van der Waals surface area (Å²) in [6.45, 7) is 0. The molecule has 0 saturated heterocycles. The van der Waals surface area contributed by atoms with Crippen molar-refractivity contribution in [1.29, 1.82) is 0 Å². The van der Waals surface area contributed by atoms with Gasteiger partial charge in [-0.05, 0) is 0 Å². The molecular formula is C6F11. The summed E-state index contributed by atoms with van der Waals surface area (Å²) >= 11 is 0. The number of rotatable bonds is 3. The maximum absolute atomic E-state index is 12.2. The Hall–Kier alpha value is -1.03. The number of hydrogen-bond donors (Lipinski definition) is 0. The van der Waals surface area contributed by atoms with E-state index < -0.39 is 36.1 Å². The fraction of sp³-hybridized carbons (Fsp3) is 0.667. The SMILES string of the molecule is FC(F)=[C]C(F)(F)C(F)(F)C(F)(F)C(F)(F)F. The molecule has 0 aliphatic heterocycles. The Bertz CT molecular complexity index is 304. The predicted octanol–water partition coefficient (Wildman–Crippen LogP) is 4.04. The van der Waals surface area contributed by atoms with Gasteiger partial charge in [0.2, 0.25) is 0 Å². The number of allylic oxidation sites excluding steroid dienone is 1. The zero-order valence-electron chi connectivity index (χ0n) is 7.16. The zero-order valence-corrected chi connectivity index (χ0v) is 7.16. The van der Waals surface area contributed by atoms with Crippen LogP contribution in [0, 0.1) is 6.08 Å². The standard InChI is InChI=1S/C6F11/c7-2(8)1-3(9,10)4(11,12)5(13,14)6(15,16)17. The van der Waals surface area contributed by atoms with Crippen molar-refractivity contribution in [2.24, 2.45) is 0 Å². The summed E-state index contributed by atoms with van der Waals surface area (Å²) in [6.07, 6.45) is -11.4. The van der Waals surface area contributed by atoms with Crippen molar-refractivity contribution in [3.8, 4) is 0 Å². The first-order chi connectivity index (χ1) is 7.17. The lowest BCUT2D eigenvalue weighted by Crippen LogP contribution is -2.60. The van der Waals surface area contributed by atoms with Crippen LogP contribution in [-0.4, -0.2) is 23.9 Å². The summed E-state index contributed by atoms with van der Waals surface area (Å²) in [6, 6.07) is 0. The van der Waals surface area contributed by atoms with Crippen molar-refractivity contribution < 1.29 is 48.3 Å². The maximum atomic E-state index is 12.2. The smallest absolute Gasteiger partial charge is 0.194 e. The minimum atomic E-state index is -7.19. The second kappa shape index (κ2) is 4.02. The summed E-state index contributed by atoms with van der Waals surface area (Å²) in [5.74, 6) is -20.8. The molecule has 11 heteroatoms. The van der Waals surface area contributed by atoms with Gasteiger partial charge in [-0.15, -0.1) is 0 Å². The molecule has 0 aromatic rings. The van der Waals surface area contributed by atoms with Gasteiger partial charge in [0.15, 0.2) is 0 Å². The molecule has 0 aromatic carbocycles. The highest BCUT2D eigenvalue weighted by molar-refractivity contribution is 5.06. The van der Waals surface area contributed by atoms with Crippen LogP contribution >= 0.6 is 0 Å². The Labute approximate surface area is 85.7 Å². The molecule has 0 fully saturated rings. The monoisotopic (exact) mass is 281 g/mol. The molecule has 0 aliphatic rings. The lowest BCUT2D eigenvalue weighted by molar-refractivity contribution is -0.389. The van der Waals surface area contributed by atoms with Crippen LogP contribution < -0.4 is 0 Å². The van der Waals surface area contributed by atoms with Crippen molar-refractivity contribution >= 4 is 0 Å². The van der Waals surface area contributed by atoms with Gasteiger partial charge in [0.1, 0.15) is 6.08 Å². The van der Waals surface area contributed by atoms with Gasteiger partial charge in [0.05, 0.1) is 0 Å².